The molecule has 2 heterocycles. The molecule has 1 N–H and O–H groups in total. The lowest BCUT2D eigenvalue weighted by atomic mass is 9.43. The molecule has 2 aliphatic heterocycles. The van der Waals surface area contributed by atoms with E-state index in [0.29, 0.717) is 36.2 Å². The molecule has 3 saturated carbocycles. The van der Waals surface area contributed by atoms with E-state index in [1.54, 1.807) is 0 Å². The highest BCUT2D eigenvalue weighted by Crippen LogP contribution is 2.66. The minimum atomic E-state index is -0.317. The summed E-state index contributed by atoms with van der Waals surface area (Å²) in [6, 6.07) is 10.1. The van der Waals surface area contributed by atoms with Crippen molar-refractivity contribution in [2.45, 2.75) is 117 Å². The average molecular weight is 525 g/mol. The first-order chi connectivity index (χ1) is 18.0. The van der Waals surface area contributed by atoms with Crippen LogP contribution in [0.3, 0.4) is 0 Å². The molecule has 7 atom stereocenters. The fourth-order valence-corrected chi connectivity index (χ4v) is 7.96. The van der Waals surface area contributed by atoms with Crippen molar-refractivity contribution in [3.63, 3.8) is 0 Å². The molecule has 38 heavy (non-hydrogen) atoms. The molecule has 0 aromatic heterocycles. The summed E-state index contributed by atoms with van der Waals surface area (Å²) >= 11 is 0. The summed E-state index contributed by atoms with van der Waals surface area (Å²) in [5.74, 6) is 2.24. The standard InChI is InChI=1S/C31H49BN2O4/c1-20(2)15-24(33-29(35)17-22-11-9-8-10-12-22)25-13-14-36-34(25)28(16-21(3)4)32-37-27-19-23-18-26(30(23,5)6)31(27,7)38-32/h8-12,20-21,23-28H,13-19H2,1-7H3,(H,33,35)/t23-,24-,25?,26-,27+,28-,31-/m0/s1. The second-order valence-electron chi connectivity index (χ2n) is 14.0. The van der Waals surface area contributed by atoms with Crippen LogP contribution in [0.15, 0.2) is 30.3 Å². The maximum absolute atomic E-state index is 13.2. The maximum atomic E-state index is 13.2. The second-order valence-corrected chi connectivity index (χ2v) is 14.0. The quantitative estimate of drug-likeness (QED) is 0.413. The number of amides is 1. The molecule has 1 aromatic rings. The number of carbonyl (C=O) groups excluding carboxylic acids is 1. The maximum Gasteiger partial charge on any atom is 0.478 e. The molecule has 1 unspecified atom stereocenters. The highest BCUT2D eigenvalue weighted by Gasteiger charge is 2.69. The Hall–Kier alpha value is -1.41. The van der Waals surface area contributed by atoms with E-state index in [1.165, 1.54) is 6.42 Å². The molecule has 0 radical (unpaired) electrons. The van der Waals surface area contributed by atoms with Crippen LogP contribution in [0.2, 0.25) is 0 Å². The van der Waals surface area contributed by atoms with Gasteiger partial charge in [-0.25, -0.2) is 0 Å². The normalized spacial score (nSPS) is 33.8. The molecule has 1 amide bonds. The fraction of sp³-hybridized carbons (Fsp3) is 0.774. The summed E-state index contributed by atoms with van der Waals surface area (Å²) < 4.78 is 13.7. The molecule has 5 fully saturated rings. The van der Waals surface area contributed by atoms with Crippen molar-refractivity contribution < 1.29 is 18.9 Å². The Morgan fingerprint density at radius 2 is 1.79 bits per heavy atom. The molecule has 2 bridgehead atoms. The minimum Gasteiger partial charge on any atom is -0.404 e. The summed E-state index contributed by atoms with van der Waals surface area (Å²) in [7, 11) is -0.317. The zero-order chi connectivity index (χ0) is 27.2. The predicted molar refractivity (Wildman–Crippen MR) is 151 cm³/mol. The summed E-state index contributed by atoms with van der Waals surface area (Å²) in [4.78, 5) is 19.6. The topological polar surface area (TPSA) is 60.0 Å². The highest BCUT2D eigenvalue weighted by atomic mass is 16.7. The lowest BCUT2D eigenvalue weighted by molar-refractivity contribution is -0.200. The van der Waals surface area contributed by atoms with Gasteiger partial charge in [0.05, 0.1) is 36.7 Å². The average Bonchev–Trinajstić information content (AvgIpc) is 3.46. The van der Waals surface area contributed by atoms with Crippen LogP contribution in [0.4, 0.5) is 0 Å². The summed E-state index contributed by atoms with van der Waals surface area (Å²) in [5, 5.41) is 5.58. The van der Waals surface area contributed by atoms with E-state index >= 15 is 0 Å². The lowest BCUT2D eigenvalue weighted by Gasteiger charge is -2.64. The van der Waals surface area contributed by atoms with Crippen LogP contribution in [0, 0.1) is 29.1 Å². The largest absolute Gasteiger partial charge is 0.478 e. The SMILES string of the molecule is CC(C)C[C@H](NC(=O)Cc1ccccc1)C1CCON1[C@@H](CC(C)C)B1O[C@@H]2C[C@@H]3C[C@@H](C3(C)C)[C@]2(C)O1. The van der Waals surface area contributed by atoms with Crippen LogP contribution >= 0.6 is 0 Å². The number of rotatable bonds is 10. The van der Waals surface area contributed by atoms with E-state index in [4.69, 9.17) is 14.1 Å². The van der Waals surface area contributed by atoms with Crippen molar-refractivity contribution in [2.75, 3.05) is 6.61 Å². The molecular weight excluding hydrogens is 475 g/mol. The van der Waals surface area contributed by atoms with Gasteiger partial charge in [0.25, 0.3) is 0 Å². The van der Waals surface area contributed by atoms with Crippen LogP contribution in [0.25, 0.3) is 0 Å². The Bertz CT molecular complexity index is 972. The first-order valence-electron chi connectivity index (χ1n) is 15.1. The van der Waals surface area contributed by atoms with Crippen LogP contribution in [0.5, 0.6) is 0 Å². The third-order valence-corrected chi connectivity index (χ3v) is 10.0. The van der Waals surface area contributed by atoms with Crippen molar-refractivity contribution in [3.05, 3.63) is 35.9 Å². The monoisotopic (exact) mass is 524 g/mol. The van der Waals surface area contributed by atoms with E-state index in [2.05, 4.69) is 58.8 Å². The van der Waals surface area contributed by atoms with Gasteiger partial charge in [0.2, 0.25) is 5.91 Å². The Morgan fingerprint density at radius 3 is 2.45 bits per heavy atom. The number of hydrogen-bond acceptors (Lipinski definition) is 5. The number of nitrogens with zero attached hydrogens (tertiary/aromatic N) is 1. The number of nitrogens with one attached hydrogen (secondary N) is 1. The van der Waals surface area contributed by atoms with Crippen LogP contribution in [-0.2, 0) is 25.4 Å². The van der Waals surface area contributed by atoms with E-state index in [0.717, 1.165) is 37.2 Å². The second kappa shape index (κ2) is 10.9. The molecule has 5 aliphatic rings. The van der Waals surface area contributed by atoms with Gasteiger partial charge < -0.3 is 14.6 Å². The van der Waals surface area contributed by atoms with Crippen molar-refractivity contribution in [1.29, 1.82) is 0 Å². The van der Waals surface area contributed by atoms with Crippen LogP contribution in [0.1, 0.15) is 86.1 Å². The van der Waals surface area contributed by atoms with Gasteiger partial charge >= 0.3 is 7.12 Å². The zero-order valence-electron chi connectivity index (χ0n) is 24.6. The van der Waals surface area contributed by atoms with Crippen molar-refractivity contribution in [1.82, 2.24) is 10.4 Å². The lowest BCUT2D eigenvalue weighted by Crippen LogP contribution is -2.65. The summed E-state index contributed by atoms with van der Waals surface area (Å²) in [6.07, 6.45) is 5.60. The Kier molecular flexibility index (Phi) is 8.05. The van der Waals surface area contributed by atoms with Gasteiger partial charge in [-0.3, -0.25) is 9.63 Å². The van der Waals surface area contributed by atoms with Gasteiger partial charge in [-0.2, -0.15) is 5.06 Å². The van der Waals surface area contributed by atoms with Crippen molar-refractivity contribution in [2.24, 2.45) is 29.1 Å². The molecule has 210 valence electrons. The number of hydroxylamine groups is 2. The number of carbonyl (C=O) groups is 1. The Morgan fingerprint density at radius 1 is 1.08 bits per heavy atom. The van der Waals surface area contributed by atoms with Crippen molar-refractivity contribution >= 4 is 13.0 Å². The summed E-state index contributed by atoms with van der Waals surface area (Å²) in [6.45, 7) is 16.7. The Balaban J connectivity index is 1.34. The van der Waals surface area contributed by atoms with E-state index in [9.17, 15) is 4.79 Å². The highest BCUT2D eigenvalue weighted by molar-refractivity contribution is 6.47. The van der Waals surface area contributed by atoms with Gasteiger partial charge in [-0.05, 0) is 73.7 Å². The first-order valence-corrected chi connectivity index (χ1v) is 15.1. The molecule has 2 saturated heterocycles. The van der Waals surface area contributed by atoms with Gasteiger partial charge in [-0.1, -0.05) is 71.9 Å². The predicted octanol–water partition coefficient (Wildman–Crippen LogP) is 5.45. The van der Waals surface area contributed by atoms with Crippen LogP contribution in [-0.4, -0.2) is 54.4 Å². The zero-order valence-corrected chi connectivity index (χ0v) is 24.6. The van der Waals surface area contributed by atoms with Gasteiger partial charge in [0.1, 0.15) is 0 Å². The van der Waals surface area contributed by atoms with E-state index in [-0.39, 0.29) is 42.8 Å². The number of hydrogen-bond donors (Lipinski definition) is 1. The van der Waals surface area contributed by atoms with Crippen molar-refractivity contribution in [3.8, 4) is 0 Å². The molecule has 6 nitrogen and oxygen atoms in total. The smallest absolute Gasteiger partial charge is 0.404 e. The third kappa shape index (κ3) is 5.33. The Labute approximate surface area is 230 Å². The molecule has 3 aliphatic carbocycles. The minimum absolute atomic E-state index is 0.00840. The van der Waals surface area contributed by atoms with E-state index < -0.39 is 0 Å². The molecule has 7 heteroatoms. The molecular formula is C31H49BN2O4. The van der Waals surface area contributed by atoms with Gasteiger partial charge in [0, 0.05) is 6.04 Å². The fourth-order valence-electron chi connectivity index (χ4n) is 7.96. The summed E-state index contributed by atoms with van der Waals surface area (Å²) in [5.41, 5.74) is 1.11. The van der Waals surface area contributed by atoms with Gasteiger partial charge in [-0.15, -0.1) is 0 Å². The number of benzene rings is 1. The van der Waals surface area contributed by atoms with E-state index in [1.807, 2.05) is 30.3 Å². The third-order valence-electron chi connectivity index (χ3n) is 10.0. The first kappa shape index (κ1) is 28.1. The molecule has 1 aromatic carbocycles. The van der Waals surface area contributed by atoms with Crippen LogP contribution < -0.4 is 5.32 Å². The van der Waals surface area contributed by atoms with Gasteiger partial charge in [0.15, 0.2) is 0 Å². The molecule has 0 spiro atoms. The molecule has 6 rings (SSSR count).